The largest absolute Gasteiger partial charge is 0.497 e. The van der Waals surface area contributed by atoms with Gasteiger partial charge in [0, 0.05) is 20.1 Å². The van der Waals surface area contributed by atoms with Crippen LogP contribution >= 0.6 is 0 Å². The zero-order valence-corrected chi connectivity index (χ0v) is 19.8. The Morgan fingerprint density at radius 2 is 1.46 bits per heavy atom. The standard InChI is InChI=1S/C28H28N2O5/c1-33-20-35-30-27(31)25(17-21-9-5-3-6-10-21)29(19-23-11-7-4-8-12-23)26(28(30)32)18-22-13-15-24(34-2)16-14-22/h3-16,18,25H,17,19-20H2,1-2H3/b26-18-/t25-/m0/s1. The second-order valence-electron chi connectivity index (χ2n) is 8.10. The number of rotatable bonds is 9. The van der Waals surface area contributed by atoms with E-state index in [1.807, 2.05) is 89.8 Å². The van der Waals surface area contributed by atoms with Crippen LogP contribution < -0.4 is 4.74 Å². The van der Waals surface area contributed by atoms with Crippen molar-refractivity contribution < 1.29 is 23.9 Å². The molecule has 1 aliphatic heterocycles. The zero-order valence-electron chi connectivity index (χ0n) is 19.8. The van der Waals surface area contributed by atoms with Crippen molar-refractivity contribution in [2.75, 3.05) is 21.0 Å². The molecule has 1 heterocycles. The summed E-state index contributed by atoms with van der Waals surface area (Å²) in [6.07, 6.45) is 2.19. The number of carbonyl (C=O) groups excluding carboxylic acids is 2. The van der Waals surface area contributed by atoms with Crippen molar-refractivity contribution in [2.24, 2.45) is 0 Å². The average Bonchev–Trinajstić information content (AvgIpc) is 2.90. The van der Waals surface area contributed by atoms with Crippen molar-refractivity contribution in [3.63, 3.8) is 0 Å². The summed E-state index contributed by atoms with van der Waals surface area (Å²) in [5.41, 5.74) is 3.12. The van der Waals surface area contributed by atoms with Crippen LogP contribution in [0.1, 0.15) is 16.7 Å². The molecule has 0 aliphatic carbocycles. The number of carbonyl (C=O) groups is 2. The summed E-state index contributed by atoms with van der Waals surface area (Å²) >= 11 is 0. The third kappa shape index (κ3) is 5.77. The predicted molar refractivity (Wildman–Crippen MR) is 132 cm³/mol. The molecule has 3 aromatic carbocycles. The first-order chi connectivity index (χ1) is 17.1. The van der Waals surface area contributed by atoms with E-state index in [9.17, 15) is 9.59 Å². The maximum absolute atomic E-state index is 13.6. The molecule has 1 fully saturated rings. The summed E-state index contributed by atoms with van der Waals surface area (Å²) in [7, 11) is 3.04. The first-order valence-corrected chi connectivity index (χ1v) is 11.3. The highest BCUT2D eigenvalue weighted by Crippen LogP contribution is 2.29. The Bertz CT molecular complexity index is 1160. The van der Waals surface area contributed by atoms with E-state index in [0.29, 0.717) is 24.4 Å². The molecular formula is C28H28N2O5. The van der Waals surface area contributed by atoms with Gasteiger partial charge in [-0.2, -0.15) is 0 Å². The molecule has 2 amide bonds. The van der Waals surface area contributed by atoms with Crippen molar-refractivity contribution >= 4 is 17.9 Å². The number of amides is 2. The van der Waals surface area contributed by atoms with Crippen LogP contribution in [0.4, 0.5) is 0 Å². The van der Waals surface area contributed by atoms with Gasteiger partial charge in [0.25, 0.3) is 5.91 Å². The number of imide groups is 1. The fourth-order valence-corrected chi connectivity index (χ4v) is 4.00. The van der Waals surface area contributed by atoms with E-state index in [1.165, 1.54) is 7.11 Å². The molecule has 0 aromatic heterocycles. The molecule has 4 rings (SSSR count). The van der Waals surface area contributed by atoms with E-state index in [0.717, 1.165) is 21.8 Å². The van der Waals surface area contributed by atoms with Gasteiger partial charge < -0.3 is 14.4 Å². The Morgan fingerprint density at radius 3 is 2.06 bits per heavy atom. The number of methoxy groups -OCH3 is 2. The van der Waals surface area contributed by atoms with Crippen molar-refractivity contribution in [1.29, 1.82) is 0 Å². The molecule has 1 saturated heterocycles. The lowest BCUT2D eigenvalue weighted by atomic mass is 9.98. The Hall–Kier alpha value is -3.94. The molecule has 0 saturated carbocycles. The van der Waals surface area contributed by atoms with E-state index in [2.05, 4.69) is 0 Å². The van der Waals surface area contributed by atoms with Gasteiger partial charge in [-0.15, -0.1) is 5.06 Å². The average molecular weight is 473 g/mol. The van der Waals surface area contributed by atoms with Gasteiger partial charge in [-0.25, -0.2) is 4.84 Å². The lowest BCUT2D eigenvalue weighted by Crippen LogP contribution is -2.58. The smallest absolute Gasteiger partial charge is 0.301 e. The van der Waals surface area contributed by atoms with Crippen molar-refractivity contribution in [3.8, 4) is 5.75 Å². The number of hydrogen-bond donors (Lipinski definition) is 0. The van der Waals surface area contributed by atoms with Gasteiger partial charge in [0.15, 0.2) is 6.79 Å². The number of hydrogen-bond acceptors (Lipinski definition) is 6. The van der Waals surface area contributed by atoms with E-state index >= 15 is 0 Å². The summed E-state index contributed by atoms with van der Waals surface area (Å²) in [5, 5.41) is 0.827. The molecule has 0 unspecified atom stereocenters. The number of piperazine rings is 1. The van der Waals surface area contributed by atoms with Crippen LogP contribution in [-0.2, 0) is 32.1 Å². The number of hydroxylamine groups is 2. The van der Waals surface area contributed by atoms with Crippen LogP contribution in [0.25, 0.3) is 6.08 Å². The molecule has 1 atom stereocenters. The monoisotopic (exact) mass is 472 g/mol. The molecule has 1 aliphatic rings. The molecule has 0 bridgehead atoms. The highest BCUT2D eigenvalue weighted by Gasteiger charge is 2.44. The fourth-order valence-electron chi connectivity index (χ4n) is 4.00. The highest BCUT2D eigenvalue weighted by molar-refractivity contribution is 6.09. The molecular weight excluding hydrogens is 444 g/mol. The molecule has 7 nitrogen and oxygen atoms in total. The van der Waals surface area contributed by atoms with Gasteiger partial charge >= 0.3 is 5.91 Å². The minimum Gasteiger partial charge on any atom is -0.497 e. The van der Waals surface area contributed by atoms with E-state index in [1.54, 1.807) is 13.2 Å². The Kier molecular flexibility index (Phi) is 7.92. The van der Waals surface area contributed by atoms with Crippen LogP contribution in [0.2, 0.25) is 0 Å². The third-order valence-electron chi connectivity index (χ3n) is 5.76. The van der Waals surface area contributed by atoms with Crippen LogP contribution in [0.15, 0.2) is 90.6 Å². The van der Waals surface area contributed by atoms with E-state index in [4.69, 9.17) is 14.3 Å². The van der Waals surface area contributed by atoms with Gasteiger partial charge in [-0.05, 0) is 34.9 Å². The first kappa shape index (κ1) is 24.2. The van der Waals surface area contributed by atoms with Gasteiger partial charge in [0.1, 0.15) is 17.5 Å². The Balaban J connectivity index is 1.79. The number of nitrogens with zero attached hydrogens (tertiary/aromatic N) is 2. The molecule has 7 heteroatoms. The normalized spacial score (nSPS) is 17.2. The molecule has 35 heavy (non-hydrogen) atoms. The van der Waals surface area contributed by atoms with Crippen LogP contribution in [0.3, 0.4) is 0 Å². The molecule has 0 N–H and O–H groups in total. The maximum atomic E-state index is 13.6. The predicted octanol–water partition coefficient (Wildman–Crippen LogP) is 4.05. The fraction of sp³-hybridized carbons (Fsp3) is 0.214. The SMILES string of the molecule is COCON1C(=O)/C(=C/c2ccc(OC)cc2)N(Cc2ccccc2)[C@@H](Cc2ccccc2)C1=O. The quantitative estimate of drug-likeness (QED) is 0.266. The number of benzene rings is 3. The van der Waals surface area contributed by atoms with Crippen LogP contribution in [0.5, 0.6) is 5.75 Å². The van der Waals surface area contributed by atoms with Crippen molar-refractivity contribution in [1.82, 2.24) is 9.96 Å². The zero-order chi connectivity index (χ0) is 24.6. The molecule has 3 aromatic rings. The Morgan fingerprint density at radius 1 is 0.829 bits per heavy atom. The van der Waals surface area contributed by atoms with Crippen molar-refractivity contribution in [3.05, 3.63) is 107 Å². The third-order valence-corrected chi connectivity index (χ3v) is 5.76. The highest BCUT2D eigenvalue weighted by atomic mass is 16.8. The van der Waals surface area contributed by atoms with Gasteiger partial charge in [0.05, 0.1) is 7.11 Å². The van der Waals surface area contributed by atoms with E-state index in [-0.39, 0.29) is 6.79 Å². The molecule has 0 radical (unpaired) electrons. The molecule has 0 spiro atoms. The maximum Gasteiger partial charge on any atom is 0.301 e. The second kappa shape index (κ2) is 11.5. The van der Waals surface area contributed by atoms with Gasteiger partial charge in [-0.3, -0.25) is 9.59 Å². The molecule has 180 valence electrons. The second-order valence-corrected chi connectivity index (χ2v) is 8.10. The summed E-state index contributed by atoms with van der Waals surface area (Å²) in [4.78, 5) is 34.4. The topological polar surface area (TPSA) is 68.3 Å². The Labute approximate surface area is 205 Å². The lowest BCUT2D eigenvalue weighted by Gasteiger charge is -2.41. The van der Waals surface area contributed by atoms with Gasteiger partial charge in [-0.1, -0.05) is 72.8 Å². The summed E-state index contributed by atoms with van der Waals surface area (Å²) < 4.78 is 10.2. The van der Waals surface area contributed by atoms with Crippen molar-refractivity contribution in [2.45, 2.75) is 19.0 Å². The van der Waals surface area contributed by atoms with Crippen LogP contribution in [0, 0.1) is 0 Å². The minimum absolute atomic E-state index is 0.218. The van der Waals surface area contributed by atoms with Gasteiger partial charge in [0.2, 0.25) is 0 Å². The first-order valence-electron chi connectivity index (χ1n) is 11.3. The van der Waals surface area contributed by atoms with Crippen LogP contribution in [-0.4, -0.2) is 48.8 Å². The lowest BCUT2D eigenvalue weighted by molar-refractivity contribution is -0.225. The number of ether oxygens (including phenoxy) is 2. The summed E-state index contributed by atoms with van der Waals surface area (Å²) in [6.45, 7) is 0.167. The van der Waals surface area contributed by atoms with E-state index < -0.39 is 17.9 Å². The summed E-state index contributed by atoms with van der Waals surface area (Å²) in [6, 6.07) is 26.2. The minimum atomic E-state index is -0.656. The summed E-state index contributed by atoms with van der Waals surface area (Å²) in [5.74, 6) is -0.257.